The van der Waals surface area contributed by atoms with Gasteiger partial charge in [-0.2, -0.15) is 18.3 Å². The van der Waals surface area contributed by atoms with Crippen molar-refractivity contribution in [3.05, 3.63) is 16.4 Å². The molecule has 1 aromatic heterocycles. The molecule has 5 nitrogen and oxygen atoms in total. The van der Waals surface area contributed by atoms with Gasteiger partial charge in [0.2, 0.25) is 5.91 Å². The van der Waals surface area contributed by atoms with E-state index < -0.39 is 11.9 Å². The predicted octanol–water partition coefficient (Wildman–Crippen LogP) is 2.89. The van der Waals surface area contributed by atoms with Gasteiger partial charge in [0.1, 0.15) is 0 Å². The van der Waals surface area contributed by atoms with Crippen molar-refractivity contribution in [2.45, 2.75) is 44.3 Å². The molecule has 0 atom stereocenters. The number of nitrogens with zero attached hydrogens (tertiary/aromatic N) is 3. The number of halogens is 4. The monoisotopic (exact) mass is 366 g/mol. The van der Waals surface area contributed by atoms with E-state index in [1.54, 1.807) is 0 Å². The third kappa shape index (κ3) is 5.11. The summed E-state index contributed by atoms with van der Waals surface area (Å²) in [6, 6.07) is 0. The number of aromatic nitrogens is 2. The first-order valence-electron chi connectivity index (χ1n) is 7.95. The van der Waals surface area contributed by atoms with Crippen molar-refractivity contribution >= 4 is 17.5 Å². The van der Waals surface area contributed by atoms with Crippen LogP contribution in [0.25, 0.3) is 0 Å². The van der Waals surface area contributed by atoms with Crippen LogP contribution >= 0.6 is 11.6 Å². The zero-order valence-corrected chi connectivity index (χ0v) is 14.5. The largest absolute Gasteiger partial charge is 0.436 e. The molecule has 0 unspecified atom stereocenters. The molecule has 1 saturated carbocycles. The van der Waals surface area contributed by atoms with Crippen LogP contribution in [0.3, 0.4) is 0 Å². The average Bonchev–Trinajstić information content (AvgIpc) is 3.24. The van der Waals surface area contributed by atoms with Crippen molar-refractivity contribution in [2.75, 3.05) is 27.2 Å². The van der Waals surface area contributed by atoms with Crippen LogP contribution in [0.2, 0.25) is 5.02 Å². The van der Waals surface area contributed by atoms with Gasteiger partial charge >= 0.3 is 6.18 Å². The molecule has 2 rings (SSSR count). The molecule has 1 aliphatic rings. The number of hydrogen-bond acceptors (Lipinski definition) is 3. The Morgan fingerprint density at radius 3 is 2.62 bits per heavy atom. The van der Waals surface area contributed by atoms with Gasteiger partial charge in [-0.3, -0.25) is 9.48 Å². The third-order valence-electron chi connectivity index (χ3n) is 3.82. The molecule has 0 aliphatic heterocycles. The number of rotatable bonds is 8. The van der Waals surface area contributed by atoms with Crippen molar-refractivity contribution in [3.8, 4) is 0 Å². The highest BCUT2D eigenvalue weighted by molar-refractivity contribution is 6.32. The van der Waals surface area contributed by atoms with E-state index in [9.17, 15) is 18.0 Å². The molecule has 136 valence electrons. The zero-order valence-electron chi connectivity index (χ0n) is 13.8. The smallest absolute Gasteiger partial charge is 0.356 e. The van der Waals surface area contributed by atoms with Crippen LogP contribution in [-0.4, -0.2) is 47.8 Å². The zero-order chi connectivity index (χ0) is 17.9. The Hall–Kier alpha value is -1.28. The minimum absolute atomic E-state index is 0.0178. The molecule has 0 spiro atoms. The first-order chi connectivity index (χ1) is 11.2. The summed E-state index contributed by atoms with van der Waals surface area (Å²) in [7, 11) is 3.89. The number of carbonyl (C=O) groups excluding carboxylic acids is 1. The summed E-state index contributed by atoms with van der Waals surface area (Å²) in [6.45, 7) is 1.50. The fourth-order valence-electron chi connectivity index (χ4n) is 2.47. The first-order valence-corrected chi connectivity index (χ1v) is 8.32. The van der Waals surface area contributed by atoms with E-state index in [0.717, 1.165) is 25.8 Å². The van der Waals surface area contributed by atoms with Gasteiger partial charge < -0.3 is 10.2 Å². The Bertz CT molecular complexity index is 582. The summed E-state index contributed by atoms with van der Waals surface area (Å²) < 4.78 is 40.1. The second kappa shape index (κ2) is 7.74. The SMILES string of the molecule is CN(C)CCCNC(=O)CCn1nc(C(F)(F)F)c(Cl)c1C1CC1. The fraction of sp³-hybridized carbons (Fsp3) is 0.733. The molecule has 9 heteroatoms. The highest BCUT2D eigenvalue weighted by Crippen LogP contribution is 2.46. The van der Waals surface area contributed by atoms with E-state index in [1.807, 2.05) is 19.0 Å². The maximum Gasteiger partial charge on any atom is 0.436 e. The van der Waals surface area contributed by atoms with Gasteiger partial charge in [-0.15, -0.1) is 0 Å². The maximum absolute atomic E-state index is 13.0. The number of nitrogens with one attached hydrogen (secondary N) is 1. The van der Waals surface area contributed by atoms with Gasteiger partial charge in [-0.25, -0.2) is 0 Å². The van der Waals surface area contributed by atoms with Crippen molar-refractivity contribution in [3.63, 3.8) is 0 Å². The van der Waals surface area contributed by atoms with Gasteiger partial charge in [0.05, 0.1) is 17.3 Å². The molecule has 1 aromatic rings. The quantitative estimate of drug-likeness (QED) is 0.720. The standard InChI is InChI=1S/C15H22ClF3N4O/c1-22(2)8-3-7-20-11(24)6-9-23-13(10-4-5-10)12(16)14(21-23)15(17,18)19/h10H,3-9H2,1-2H3,(H,20,24). The van der Waals surface area contributed by atoms with Crippen LogP contribution in [0.4, 0.5) is 13.2 Å². The van der Waals surface area contributed by atoms with Crippen LogP contribution in [0.15, 0.2) is 0 Å². The molecule has 0 aromatic carbocycles. The molecule has 0 saturated heterocycles. The maximum atomic E-state index is 13.0. The topological polar surface area (TPSA) is 50.2 Å². The predicted molar refractivity (Wildman–Crippen MR) is 85.0 cm³/mol. The summed E-state index contributed by atoms with van der Waals surface area (Å²) in [6.07, 6.45) is -2.08. The van der Waals surface area contributed by atoms with E-state index in [2.05, 4.69) is 10.4 Å². The van der Waals surface area contributed by atoms with Crippen LogP contribution < -0.4 is 5.32 Å². The van der Waals surface area contributed by atoms with Crippen molar-refractivity contribution in [1.82, 2.24) is 20.0 Å². The molecule has 24 heavy (non-hydrogen) atoms. The normalized spacial score (nSPS) is 15.1. The molecule has 0 bridgehead atoms. The lowest BCUT2D eigenvalue weighted by molar-refractivity contribution is -0.141. The second-order valence-electron chi connectivity index (χ2n) is 6.30. The van der Waals surface area contributed by atoms with Gasteiger partial charge in [-0.1, -0.05) is 11.6 Å². The molecule has 1 aliphatic carbocycles. The highest BCUT2D eigenvalue weighted by Gasteiger charge is 2.41. The Balaban J connectivity index is 1.93. The van der Waals surface area contributed by atoms with Crippen molar-refractivity contribution < 1.29 is 18.0 Å². The second-order valence-corrected chi connectivity index (χ2v) is 6.68. The Kier molecular flexibility index (Phi) is 6.14. The molecule has 1 heterocycles. The van der Waals surface area contributed by atoms with Crippen LogP contribution in [-0.2, 0) is 17.5 Å². The van der Waals surface area contributed by atoms with Crippen LogP contribution in [0.5, 0.6) is 0 Å². The van der Waals surface area contributed by atoms with Crippen LogP contribution in [0, 0.1) is 0 Å². The lowest BCUT2D eigenvalue weighted by Crippen LogP contribution is -2.28. The third-order valence-corrected chi connectivity index (χ3v) is 4.19. The Morgan fingerprint density at radius 1 is 1.42 bits per heavy atom. The van der Waals surface area contributed by atoms with Gasteiger partial charge in [-0.05, 0) is 39.9 Å². The summed E-state index contributed by atoms with van der Waals surface area (Å²) in [5, 5.41) is 6.05. The molecular weight excluding hydrogens is 345 g/mol. The molecule has 0 radical (unpaired) electrons. The Morgan fingerprint density at radius 2 is 2.08 bits per heavy atom. The molecule has 1 fully saturated rings. The lowest BCUT2D eigenvalue weighted by Gasteiger charge is -2.10. The number of amides is 1. The van der Waals surface area contributed by atoms with E-state index in [4.69, 9.17) is 11.6 Å². The van der Waals surface area contributed by atoms with E-state index in [0.29, 0.717) is 12.2 Å². The van der Waals surface area contributed by atoms with E-state index >= 15 is 0 Å². The van der Waals surface area contributed by atoms with E-state index in [-0.39, 0.29) is 29.8 Å². The number of hydrogen-bond donors (Lipinski definition) is 1. The number of alkyl halides is 3. The average molecular weight is 367 g/mol. The fourth-order valence-corrected chi connectivity index (χ4v) is 2.87. The molecule has 1 amide bonds. The lowest BCUT2D eigenvalue weighted by atomic mass is 10.2. The summed E-state index contributed by atoms with van der Waals surface area (Å²) in [4.78, 5) is 13.8. The summed E-state index contributed by atoms with van der Waals surface area (Å²) >= 11 is 5.89. The first kappa shape index (κ1) is 19.1. The summed E-state index contributed by atoms with van der Waals surface area (Å²) in [5.74, 6) is -0.181. The molecule has 1 N–H and O–H groups in total. The minimum Gasteiger partial charge on any atom is -0.356 e. The van der Waals surface area contributed by atoms with Gasteiger partial charge in [0.15, 0.2) is 5.69 Å². The van der Waals surface area contributed by atoms with Crippen molar-refractivity contribution in [2.24, 2.45) is 0 Å². The minimum atomic E-state index is -4.58. The Labute approximate surface area is 144 Å². The van der Waals surface area contributed by atoms with Crippen molar-refractivity contribution in [1.29, 1.82) is 0 Å². The highest BCUT2D eigenvalue weighted by atomic mass is 35.5. The number of carbonyl (C=O) groups is 1. The summed E-state index contributed by atoms with van der Waals surface area (Å²) in [5.41, 5.74) is -0.651. The van der Waals surface area contributed by atoms with Gasteiger partial charge in [0.25, 0.3) is 0 Å². The van der Waals surface area contributed by atoms with Crippen LogP contribution in [0.1, 0.15) is 43.0 Å². The van der Waals surface area contributed by atoms with Gasteiger partial charge in [0, 0.05) is 18.9 Å². The molecular formula is C15H22ClF3N4O. The number of aryl methyl sites for hydroxylation is 1. The van der Waals surface area contributed by atoms with E-state index in [1.165, 1.54) is 4.68 Å².